The van der Waals surface area contributed by atoms with E-state index in [2.05, 4.69) is 31.1 Å². The van der Waals surface area contributed by atoms with Gasteiger partial charge in [-0.2, -0.15) is 5.10 Å². The molecule has 5 nitrogen and oxygen atoms in total. The first-order valence-electron chi connectivity index (χ1n) is 8.62. The summed E-state index contributed by atoms with van der Waals surface area (Å²) in [5.74, 6) is 2.10. The van der Waals surface area contributed by atoms with Crippen LogP contribution in [0.15, 0.2) is 18.2 Å². The minimum absolute atomic E-state index is 0.00269. The summed E-state index contributed by atoms with van der Waals surface area (Å²) in [5.41, 5.74) is 1.54. The van der Waals surface area contributed by atoms with Gasteiger partial charge in [0.1, 0.15) is 5.69 Å². The fourth-order valence-corrected chi connectivity index (χ4v) is 3.92. The largest absolute Gasteiger partial charge is 0.395 e. The number of aromatic nitrogens is 2. The standard InChI is InChI=1S/C18H27N3O2/c1-12(2)16-10-17(20(3)19-16)18(23)21(6-7-22)11-15-9-13-4-5-14(15)8-13/h4-5,10,12-15,22H,6-9,11H2,1-3H3/t13-,14-,15+/m0/s1. The third-order valence-electron chi connectivity index (χ3n) is 5.24. The summed E-state index contributed by atoms with van der Waals surface area (Å²) >= 11 is 0. The number of aliphatic hydroxyl groups excluding tert-OH is 1. The van der Waals surface area contributed by atoms with Gasteiger partial charge in [-0.05, 0) is 42.6 Å². The Labute approximate surface area is 138 Å². The second kappa shape index (κ2) is 6.48. The Bertz CT molecular complexity index is 605. The van der Waals surface area contributed by atoms with Crippen LogP contribution < -0.4 is 0 Å². The second-order valence-electron chi connectivity index (χ2n) is 7.25. The van der Waals surface area contributed by atoms with E-state index in [1.165, 1.54) is 12.8 Å². The lowest BCUT2D eigenvalue weighted by Crippen LogP contribution is -2.39. The molecule has 3 rings (SSSR count). The van der Waals surface area contributed by atoms with Crippen molar-refractivity contribution in [2.24, 2.45) is 24.8 Å². The number of hydrogen-bond donors (Lipinski definition) is 1. The highest BCUT2D eigenvalue weighted by Crippen LogP contribution is 2.43. The van der Waals surface area contributed by atoms with Crippen LogP contribution in [0.2, 0.25) is 0 Å². The maximum Gasteiger partial charge on any atom is 0.272 e. The number of carbonyl (C=O) groups excluding carboxylic acids is 1. The van der Waals surface area contributed by atoms with E-state index >= 15 is 0 Å². The van der Waals surface area contributed by atoms with Gasteiger partial charge in [0.15, 0.2) is 0 Å². The molecular formula is C18H27N3O2. The van der Waals surface area contributed by atoms with Crippen LogP contribution in [0, 0.1) is 17.8 Å². The number of allylic oxidation sites excluding steroid dienone is 2. The first-order valence-corrected chi connectivity index (χ1v) is 8.62. The first-order chi connectivity index (χ1) is 11.0. The van der Waals surface area contributed by atoms with Crippen LogP contribution in [0.5, 0.6) is 0 Å². The van der Waals surface area contributed by atoms with Crippen molar-refractivity contribution in [1.82, 2.24) is 14.7 Å². The third kappa shape index (κ3) is 3.20. The third-order valence-corrected chi connectivity index (χ3v) is 5.24. The molecule has 1 N–H and O–H groups in total. The van der Waals surface area contributed by atoms with E-state index in [-0.39, 0.29) is 12.5 Å². The molecule has 1 fully saturated rings. The van der Waals surface area contributed by atoms with Crippen molar-refractivity contribution in [1.29, 1.82) is 0 Å². The van der Waals surface area contributed by atoms with Crippen LogP contribution in [0.25, 0.3) is 0 Å². The number of hydrogen-bond acceptors (Lipinski definition) is 3. The summed E-state index contributed by atoms with van der Waals surface area (Å²) in [5, 5.41) is 13.8. The molecule has 2 aliphatic rings. The van der Waals surface area contributed by atoms with Gasteiger partial charge < -0.3 is 10.0 Å². The molecule has 2 aliphatic carbocycles. The van der Waals surface area contributed by atoms with Crippen molar-refractivity contribution in [2.75, 3.05) is 19.7 Å². The number of amides is 1. The Morgan fingerprint density at radius 2 is 2.22 bits per heavy atom. The number of carbonyl (C=O) groups is 1. The van der Waals surface area contributed by atoms with Crippen LogP contribution in [0.3, 0.4) is 0 Å². The van der Waals surface area contributed by atoms with Crippen LogP contribution >= 0.6 is 0 Å². The van der Waals surface area contributed by atoms with E-state index in [0.717, 1.165) is 12.2 Å². The zero-order valence-electron chi connectivity index (χ0n) is 14.3. The minimum atomic E-state index is -0.0206. The zero-order valence-corrected chi connectivity index (χ0v) is 14.3. The highest BCUT2D eigenvalue weighted by molar-refractivity contribution is 5.92. The average Bonchev–Trinajstić information content (AvgIpc) is 3.21. The van der Waals surface area contributed by atoms with Gasteiger partial charge >= 0.3 is 0 Å². The molecule has 3 atom stereocenters. The maximum absolute atomic E-state index is 12.9. The van der Waals surface area contributed by atoms with E-state index < -0.39 is 0 Å². The monoisotopic (exact) mass is 317 g/mol. The fraction of sp³-hybridized carbons (Fsp3) is 0.667. The zero-order chi connectivity index (χ0) is 16.6. The van der Waals surface area contributed by atoms with Crippen molar-refractivity contribution in [3.63, 3.8) is 0 Å². The number of nitrogens with zero attached hydrogens (tertiary/aromatic N) is 3. The lowest BCUT2D eigenvalue weighted by atomic mass is 9.93. The molecule has 0 unspecified atom stereocenters. The van der Waals surface area contributed by atoms with E-state index in [1.807, 2.05) is 13.1 Å². The highest BCUT2D eigenvalue weighted by Gasteiger charge is 2.37. The Balaban J connectivity index is 1.75. The van der Waals surface area contributed by atoms with Crippen molar-refractivity contribution >= 4 is 5.91 Å². The summed E-state index contributed by atoms with van der Waals surface area (Å²) in [7, 11) is 1.82. The summed E-state index contributed by atoms with van der Waals surface area (Å²) < 4.78 is 1.67. The van der Waals surface area contributed by atoms with Crippen molar-refractivity contribution in [3.8, 4) is 0 Å². The number of aliphatic hydroxyl groups is 1. The SMILES string of the molecule is CC(C)c1cc(C(=O)N(CCO)C[C@H]2C[C@H]3C=C[C@H]2C3)n(C)n1. The Morgan fingerprint density at radius 3 is 2.74 bits per heavy atom. The van der Waals surface area contributed by atoms with Gasteiger partial charge in [0, 0.05) is 20.1 Å². The van der Waals surface area contributed by atoms with E-state index in [0.29, 0.717) is 35.9 Å². The summed E-state index contributed by atoms with van der Waals surface area (Å²) in [6.45, 7) is 5.26. The molecule has 1 amide bonds. The molecular weight excluding hydrogens is 290 g/mol. The molecule has 1 aromatic rings. The Hall–Kier alpha value is -1.62. The summed E-state index contributed by atoms with van der Waals surface area (Å²) in [6, 6.07) is 1.89. The van der Waals surface area contributed by atoms with Crippen LogP contribution in [-0.4, -0.2) is 45.4 Å². The molecule has 0 spiro atoms. The average molecular weight is 317 g/mol. The van der Waals surface area contributed by atoms with Gasteiger partial charge in [-0.3, -0.25) is 9.48 Å². The van der Waals surface area contributed by atoms with Crippen LogP contribution in [-0.2, 0) is 7.05 Å². The molecule has 1 heterocycles. The fourth-order valence-electron chi connectivity index (χ4n) is 3.92. The molecule has 23 heavy (non-hydrogen) atoms. The maximum atomic E-state index is 12.9. The number of fused-ring (bicyclic) bond motifs is 2. The summed E-state index contributed by atoms with van der Waals surface area (Å²) in [6.07, 6.45) is 7.02. The normalized spacial score (nSPS) is 25.5. The predicted molar refractivity (Wildman–Crippen MR) is 89.1 cm³/mol. The van der Waals surface area contributed by atoms with Crippen LogP contribution in [0.1, 0.15) is 48.8 Å². The highest BCUT2D eigenvalue weighted by atomic mass is 16.3. The number of rotatable bonds is 6. The van der Waals surface area contributed by atoms with Gasteiger partial charge in [0.2, 0.25) is 0 Å². The summed E-state index contributed by atoms with van der Waals surface area (Å²) in [4.78, 5) is 14.7. The Kier molecular flexibility index (Phi) is 4.57. The van der Waals surface area contributed by atoms with Gasteiger partial charge in [0.05, 0.1) is 12.3 Å². The first kappa shape index (κ1) is 16.2. The van der Waals surface area contributed by atoms with E-state index in [4.69, 9.17) is 0 Å². The van der Waals surface area contributed by atoms with Gasteiger partial charge in [-0.25, -0.2) is 0 Å². The quantitative estimate of drug-likeness (QED) is 0.818. The smallest absolute Gasteiger partial charge is 0.272 e. The molecule has 0 aromatic carbocycles. The topological polar surface area (TPSA) is 58.4 Å². The molecule has 0 saturated heterocycles. The molecule has 126 valence electrons. The predicted octanol–water partition coefficient (Wildman–Crippen LogP) is 2.19. The molecule has 1 aromatic heterocycles. The Morgan fingerprint density at radius 1 is 1.43 bits per heavy atom. The molecule has 0 aliphatic heterocycles. The molecule has 2 bridgehead atoms. The van der Waals surface area contributed by atoms with E-state index in [1.54, 1.807) is 9.58 Å². The molecule has 5 heteroatoms. The van der Waals surface area contributed by atoms with Gasteiger partial charge in [-0.1, -0.05) is 26.0 Å². The second-order valence-corrected chi connectivity index (χ2v) is 7.25. The van der Waals surface area contributed by atoms with Crippen molar-refractivity contribution in [3.05, 3.63) is 29.6 Å². The van der Waals surface area contributed by atoms with Gasteiger partial charge in [0.25, 0.3) is 5.91 Å². The molecule has 1 saturated carbocycles. The van der Waals surface area contributed by atoms with Crippen molar-refractivity contribution in [2.45, 2.75) is 32.6 Å². The molecule has 0 radical (unpaired) electrons. The lowest BCUT2D eigenvalue weighted by Gasteiger charge is -2.28. The van der Waals surface area contributed by atoms with Crippen LogP contribution in [0.4, 0.5) is 0 Å². The lowest BCUT2D eigenvalue weighted by molar-refractivity contribution is 0.0670. The minimum Gasteiger partial charge on any atom is -0.395 e. The van der Waals surface area contributed by atoms with Gasteiger partial charge in [-0.15, -0.1) is 0 Å². The van der Waals surface area contributed by atoms with Crippen molar-refractivity contribution < 1.29 is 9.90 Å². The number of aryl methyl sites for hydroxylation is 1. The van der Waals surface area contributed by atoms with E-state index in [9.17, 15) is 9.90 Å².